The van der Waals surface area contributed by atoms with Crippen molar-refractivity contribution in [2.75, 3.05) is 5.32 Å². The smallest absolute Gasteiger partial charge is 0.255 e. The van der Waals surface area contributed by atoms with Crippen LogP contribution >= 0.6 is 0 Å². The summed E-state index contributed by atoms with van der Waals surface area (Å²) in [5.41, 5.74) is 3.33. The lowest BCUT2D eigenvalue weighted by atomic mass is 9.85. The second-order valence-electron chi connectivity index (χ2n) is 8.45. The number of nitrogens with one attached hydrogen (secondary N) is 1. The lowest BCUT2D eigenvalue weighted by Crippen LogP contribution is -2.34. The zero-order valence-electron chi connectivity index (χ0n) is 17.4. The van der Waals surface area contributed by atoms with Gasteiger partial charge in [0.25, 0.3) is 5.91 Å². The second kappa shape index (κ2) is 7.79. The minimum absolute atomic E-state index is 0.0416. The minimum atomic E-state index is -0.199. The number of anilines is 1. The first-order chi connectivity index (χ1) is 14.3. The fourth-order valence-electron chi connectivity index (χ4n) is 4.02. The maximum atomic E-state index is 12.8. The molecule has 0 saturated heterocycles. The predicted molar refractivity (Wildman–Crippen MR) is 118 cm³/mol. The van der Waals surface area contributed by atoms with Crippen molar-refractivity contribution in [3.63, 3.8) is 0 Å². The van der Waals surface area contributed by atoms with Gasteiger partial charge in [0.15, 0.2) is 5.78 Å². The van der Waals surface area contributed by atoms with Gasteiger partial charge in [-0.2, -0.15) is 0 Å². The summed E-state index contributed by atoms with van der Waals surface area (Å²) >= 11 is 0. The van der Waals surface area contributed by atoms with E-state index in [0.717, 1.165) is 17.7 Å². The summed E-state index contributed by atoms with van der Waals surface area (Å²) in [5, 5.41) is 2.91. The van der Waals surface area contributed by atoms with E-state index in [2.05, 4.69) is 26.1 Å². The highest BCUT2D eigenvalue weighted by Gasteiger charge is 2.31. The van der Waals surface area contributed by atoms with E-state index in [-0.39, 0.29) is 17.3 Å². The van der Waals surface area contributed by atoms with Gasteiger partial charge in [-0.3, -0.25) is 9.59 Å². The Labute approximate surface area is 176 Å². The molecule has 152 valence electrons. The molecule has 4 rings (SSSR count). The molecule has 3 aromatic rings. The van der Waals surface area contributed by atoms with Gasteiger partial charge in [0, 0.05) is 22.4 Å². The van der Waals surface area contributed by atoms with E-state index in [0.29, 0.717) is 28.3 Å². The van der Waals surface area contributed by atoms with Crippen molar-refractivity contribution in [1.29, 1.82) is 0 Å². The fraction of sp³-hybridized carbons (Fsp3) is 0.231. The normalized spacial score (nSPS) is 16.8. The highest BCUT2D eigenvalue weighted by atomic mass is 16.5. The maximum absolute atomic E-state index is 12.8. The summed E-state index contributed by atoms with van der Waals surface area (Å²) in [4.78, 5) is 25.3. The third-order valence-corrected chi connectivity index (χ3v) is 5.43. The van der Waals surface area contributed by atoms with Crippen LogP contribution in [0.4, 0.5) is 5.69 Å². The molecular formula is C26H25NO3. The van der Waals surface area contributed by atoms with Crippen molar-refractivity contribution < 1.29 is 14.3 Å². The van der Waals surface area contributed by atoms with Crippen LogP contribution in [0, 0.1) is 0 Å². The summed E-state index contributed by atoms with van der Waals surface area (Å²) in [6, 6.07) is 21.7. The van der Waals surface area contributed by atoms with Gasteiger partial charge in [0.2, 0.25) is 0 Å². The average Bonchev–Trinajstić information content (AvgIpc) is 2.73. The molecule has 0 aromatic heterocycles. The number of rotatable bonds is 4. The molecular weight excluding hydrogens is 374 g/mol. The first kappa shape index (κ1) is 19.9. The van der Waals surface area contributed by atoms with Gasteiger partial charge in [-0.15, -0.1) is 0 Å². The molecule has 4 heteroatoms. The van der Waals surface area contributed by atoms with E-state index < -0.39 is 0 Å². The first-order valence-electron chi connectivity index (χ1n) is 10.2. The molecule has 1 aliphatic heterocycles. The number of amides is 1. The number of benzene rings is 3. The van der Waals surface area contributed by atoms with Crippen LogP contribution in [-0.2, 0) is 0 Å². The molecule has 0 bridgehead atoms. The molecule has 0 radical (unpaired) electrons. The Morgan fingerprint density at radius 2 is 1.53 bits per heavy atom. The lowest BCUT2D eigenvalue weighted by molar-refractivity contribution is 0.0746. The van der Waals surface area contributed by atoms with Crippen LogP contribution < -0.4 is 10.1 Å². The van der Waals surface area contributed by atoms with Crippen molar-refractivity contribution in [1.82, 2.24) is 0 Å². The molecule has 1 N–H and O–H groups in total. The SMILES string of the molecule is CC1CC(C)(C)Oc2ccc(C(=O)Nc3ccc(C(=O)c4ccccc4)cc3)cc21. The number of carbonyl (C=O) groups is 2. The third-order valence-electron chi connectivity index (χ3n) is 5.43. The van der Waals surface area contributed by atoms with Crippen LogP contribution in [0.3, 0.4) is 0 Å². The highest BCUT2D eigenvalue weighted by molar-refractivity contribution is 6.09. The van der Waals surface area contributed by atoms with Crippen LogP contribution in [0.1, 0.15) is 65.0 Å². The Morgan fingerprint density at radius 1 is 0.900 bits per heavy atom. The van der Waals surface area contributed by atoms with E-state index in [1.807, 2.05) is 30.3 Å². The van der Waals surface area contributed by atoms with Crippen LogP contribution in [0.2, 0.25) is 0 Å². The Hall–Kier alpha value is -3.40. The summed E-state index contributed by atoms with van der Waals surface area (Å²) in [6.07, 6.45) is 0.905. The molecule has 1 heterocycles. The number of hydrogen-bond acceptors (Lipinski definition) is 3. The Kier molecular flexibility index (Phi) is 5.17. The minimum Gasteiger partial charge on any atom is -0.488 e. The van der Waals surface area contributed by atoms with E-state index in [4.69, 9.17) is 4.74 Å². The molecule has 0 fully saturated rings. The van der Waals surface area contributed by atoms with Crippen molar-refractivity contribution in [2.24, 2.45) is 0 Å². The summed E-state index contributed by atoms with van der Waals surface area (Å²) in [5.74, 6) is 0.941. The Bertz CT molecular complexity index is 1090. The van der Waals surface area contributed by atoms with Crippen LogP contribution in [0.25, 0.3) is 0 Å². The molecule has 3 aromatic carbocycles. The van der Waals surface area contributed by atoms with Gasteiger partial charge < -0.3 is 10.1 Å². The van der Waals surface area contributed by atoms with Gasteiger partial charge in [0.1, 0.15) is 11.4 Å². The molecule has 30 heavy (non-hydrogen) atoms. The summed E-state index contributed by atoms with van der Waals surface area (Å²) in [6.45, 7) is 6.33. The van der Waals surface area contributed by atoms with E-state index in [1.54, 1.807) is 42.5 Å². The van der Waals surface area contributed by atoms with Crippen molar-refractivity contribution in [3.05, 3.63) is 95.1 Å². The van der Waals surface area contributed by atoms with E-state index >= 15 is 0 Å². The molecule has 1 amide bonds. The largest absolute Gasteiger partial charge is 0.488 e. The zero-order chi connectivity index (χ0) is 21.3. The molecule has 0 saturated carbocycles. The standard InChI is InChI=1S/C26H25NO3/c1-17-16-26(2,3)30-23-14-11-20(15-22(17)23)25(29)27-21-12-9-19(10-13-21)24(28)18-7-5-4-6-8-18/h4-15,17H,16H2,1-3H3,(H,27,29). The highest BCUT2D eigenvalue weighted by Crippen LogP contribution is 2.40. The van der Waals surface area contributed by atoms with E-state index in [1.165, 1.54) is 0 Å². The van der Waals surface area contributed by atoms with Crippen molar-refractivity contribution >= 4 is 17.4 Å². The number of hydrogen-bond donors (Lipinski definition) is 1. The molecule has 0 spiro atoms. The fourth-order valence-corrected chi connectivity index (χ4v) is 4.02. The molecule has 0 aliphatic carbocycles. The Balaban J connectivity index is 1.48. The quantitative estimate of drug-likeness (QED) is 0.561. The third kappa shape index (κ3) is 4.13. The number of fused-ring (bicyclic) bond motifs is 1. The summed E-state index contributed by atoms with van der Waals surface area (Å²) < 4.78 is 6.05. The molecule has 1 atom stereocenters. The lowest BCUT2D eigenvalue weighted by Gasteiger charge is -2.36. The maximum Gasteiger partial charge on any atom is 0.255 e. The molecule has 4 nitrogen and oxygen atoms in total. The Morgan fingerprint density at radius 3 is 2.23 bits per heavy atom. The van der Waals surface area contributed by atoms with Gasteiger partial charge in [0.05, 0.1) is 0 Å². The van der Waals surface area contributed by atoms with Crippen LogP contribution in [0.15, 0.2) is 72.8 Å². The topological polar surface area (TPSA) is 55.4 Å². The van der Waals surface area contributed by atoms with Crippen LogP contribution in [0.5, 0.6) is 5.75 Å². The number of carbonyl (C=O) groups excluding carboxylic acids is 2. The van der Waals surface area contributed by atoms with Gasteiger partial charge in [-0.25, -0.2) is 0 Å². The molecule has 1 unspecified atom stereocenters. The summed E-state index contributed by atoms with van der Waals surface area (Å²) in [7, 11) is 0. The van der Waals surface area contributed by atoms with Gasteiger partial charge in [-0.1, -0.05) is 37.3 Å². The van der Waals surface area contributed by atoms with Gasteiger partial charge in [-0.05, 0) is 74.2 Å². The number of ether oxygens (including phenoxy) is 1. The predicted octanol–water partition coefficient (Wildman–Crippen LogP) is 5.83. The monoisotopic (exact) mass is 399 g/mol. The van der Waals surface area contributed by atoms with E-state index in [9.17, 15) is 9.59 Å². The second-order valence-corrected chi connectivity index (χ2v) is 8.45. The zero-order valence-corrected chi connectivity index (χ0v) is 17.4. The van der Waals surface area contributed by atoms with Crippen molar-refractivity contribution in [3.8, 4) is 5.75 Å². The first-order valence-corrected chi connectivity index (χ1v) is 10.2. The number of ketones is 1. The molecule has 1 aliphatic rings. The van der Waals surface area contributed by atoms with Gasteiger partial charge >= 0.3 is 0 Å². The van der Waals surface area contributed by atoms with Crippen molar-refractivity contribution in [2.45, 2.75) is 38.7 Å². The average molecular weight is 399 g/mol. The van der Waals surface area contributed by atoms with Crippen LogP contribution in [-0.4, -0.2) is 17.3 Å².